The highest BCUT2D eigenvalue weighted by Gasteiger charge is 2.29. The highest BCUT2D eigenvalue weighted by molar-refractivity contribution is 7.11. The van der Waals surface area contributed by atoms with Crippen LogP contribution in [-0.2, 0) is 17.7 Å². The van der Waals surface area contributed by atoms with Crippen molar-refractivity contribution < 1.29 is 4.74 Å². The zero-order valence-electron chi connectivity index (χ0n) is 13.4. The number of ether oxygens (including phenoxy) is 1. The molecule has 0 bridgehead atoms. The van der Waals surface area contributed by atoms with Crippen molar-refractivity contribution in [3.8, 4) is 0 Å². The minimum Gasteiger partial charge on any atom is -0.373 e. The molecule has 1 saturated heterocycles. The van der Waals surface area contributed by atoms with Gasteiger partial charge in [-0.1, -0.05) is 6.92 Å². The first-order valence-corrected chi connectivity index (χ1v) is 8.70. The van der Waals surface area contributed by atoms with E-state index in [1.807, 2.05) is 11.3 Å². The average molecular weight is 309 g/mol. The van der Waals surface area contributed by atoms with Gasteiger partial charge in [0.05, 0.1) is 12.1 Å². The van der Waals surface area contributed by atoms with Crippen LogP contribution >= 0.6 is 11.3 Å². The van der Waals surface area contributed by atoms with Crippen LogP contribution < -0.4 is 10.6 Å². The third-order valence-electron chi connectivity index (χ3n) is 3.73. The maximum Gasteiger partial charge on any atom is 0.191 e. The summed E-state index contributed by atoms with van der Waals surface area (Å²) in [5, 5.41) is 6.72. The van der Waals surface area contributed by atoms with Crippen LogP contribution in [0, 0.1) is 0 Å². The number of hydrogen-bond donors (Lipinski definition) is 2. The van der Waals surface area contributed by atoms with E-state index in [-0.39, 0.29) is 5.60 Å². The lowest BCUT2D eigenvalue weighted by Gasteiger charge is -2.24. The van der Waals surface area contributed by atoms with Crippen LogP contribution in [0.25, 0.3) is 0 Å². The van der Waals surface area contributed by atoms with Crippen LogP contribution in [0.15, 0.2) is 17.1 Å². The first-order valence-electron chi connectivity index (χ1n) is 7.89. The van der Waals surface area contributed by atoms with Gasteiger partial charge in [0.2, 0.25) is 0 Å². The Balaban J connectivity index is 1.89. The van der Waals surface area contributed by atoms with E-state index in [1.54, 1.807) is 0 Å². The molecule has 0 saturated carbocycles. The Morgan fingerprint density at radius 2 is 2.14 bits per heavy atom. The maximum atomic E-state index is 5.81. The van der Waals surface area contributed by atoms with E-state index in [0.29, 0.717) is 0 Å². The van der Waals surface area contributed by atoms with Gasteiger partial charge in [-0.2, -0.15) is 0 Å². The molecule has 1 aromatic rings. The van der Waals surface area contributed by atoms with Gasteiger partial charge in [0.25, 0.3) is 0 Å². The lowest BCUT2D eigenvalue weighted by Crippen LogP contribution is -2.45. The van der Waals surface area contributed by atoms with Gasteiger partial charge in [-0.15, -0.1) is 11.3 Å². The Labute approximate surface area is 132 Å². The summed E-state index contributed by atoms with van der Waals surface area (Å²) in [6.45, 7) is 9.73. The van der Waals surface area contributed by atoms with Crippen LogP contribution in [0.5, 0.6) is 0 Å². The predicted octanol–water partition coefficient (Wildman–Crippen LogP) is 2.93. The smallest absolute Gasteiger partial charge is 0.191 e. The topological polar surface area (TPSA) is 45.7 Å². The first kappa shape index (κ1) is 16.3. The minimum atomic E-state index is -0.0471. The van der Waals surface area contributed by atoms with Crippen LogP contribution in [0.1, 0.15) is 43.4 Å². The normalized spacial score (nSPS) is 22.5. The number of aryl methyl sites for hydroxylation is 1. The number of thiophene rings is 1. The molecule has 1 atom stereocenters. The van der Waals surface area contributed by atoms with Gasteiger partial charge in [0.15, 0.2) is 5.96 Å². The standard InChI is InChI=1S/C16H27N3OS/c1-4-13-7-8-14(21-13)11-18-15(17-5-2)19-12-16(3)9-6-10-20-16/h7-8H,4-6,9-12H2,1-3H3,(H2,17,18,19). The molecule has 2 heterocycles. The quantitative estimate of drug-likeness (QED) is 0.627. The molecule has 0 spiro atoms. The second kappa shape index (κ2) is 7.80. The van der Waals surface area contributed by atoms with Gasteiger partial charge >= 0.3 is 0 Å². The van der Waals surface area contributed by atoms with Gasteiger partial charge in [-0.05, 0) is 45.2 Å². The molecule has 5 heteroatoms. The summed E-state index contributed by atoms with van der Waals surface area (Å²) < 4.78 is 5.81. The summed E-state index contributed by atoms with van der Waals surface area (Å²) in [5.74, 6) is 0.876. The second-order valence-electron chi connectivity index (χ2n) is 5.67. The van der Waals surface area contributed by atoms with Crippen molar-refractivity contribution in [1.82, 2.24) is 10.6 Å². The van der Waals surface area contributed by atoms with Crippen molar-refractivity contribution in [2.45, 2.75) is 52.2 Å². The molecule has 0 aliphatic carbocycles. The molecular formula is C16H27N3OS. The SMILES string of the molecule is CCNC(=NCc1ccc(CC)s1)NCC1(C)CCCO1. The summed E-state index contributed by atoms with van der Waals surface area (Å²) in [4.78, 5) is 7.41. The molecule has 1 unspecified atom stereocenters. The maximum absolute atomic E-state index is 5.81. The number of nitrogens with zero attached hydrogens (tertiary/aromatic N) is 1. The monoisotopic (exact) mass is 309 g/mol. The second-order valence-corrected chi connectivity index (χ2v) is 6.93. The predicted molar refractivity (Wildman–Crippen MR) is 90.1 cm³/mol. The van der Waals surface area contributed by atoms with E-state index in [2.05, 4.69) is 48.5 Å². The number of aliphatic imine (C=N–C) groups is 1. The van der Waals surface area contributed by atoms with Crippen molar-refractivity contribution in [2.75, 3.05) is 19.7 Å². The fourth-order valence-electron chi connectivity index (χ4n) is 2.44. The van der Waals surface area contributed by atoms with Crippen molar-refractivity contribution in [1.29, 1.82) is 0 Å². The third kappa shape index (κ3) is 5.00. The molecule has 2 N–H and O–H groups in total. The summed E-state index contributed by atoms with van der Waals surface area (Å²) in [6, 6.07) is 4.38. The average Bonchev–Trinajstić information content (AvgIpc) is 3.11. The molecule has 2 rings (SSSR count). The minimum absolute atomic E-state index is 0.0471. The zero-order chi connectivity index (χ0) is 15.1. The Bertz CT molecular complexity index is 464. The first-order chi connectivity index (χ1) is 10.1. The third-order valence-corrected chi connectivity index (χ3v) is 4.95. The molecule has 4 nitrogen and oxygen atoms in total. The highest BCUT2D eigenvalue weighted by Crippen LogP contribution is 2.23. The van der Waals surface area contributed by atoms with Gasteiger partial charge in [-0.25, -0.2) is 4.99 Å². The molecule has 21 heavy (non-hydrogen) atoms. The van der Waals surface area contributed by atoms with E-state index in [4.69, 9.17) is 4.74 Å². The number of rotatable bonds is 6. The van der Waals surface area contributed by atoms with Crippen LogP contribution in [0.4, 0.5) is 0 Å². The fraction of sp³-hybridized carbons (Fsp3) is 0.688. The van der Waals surface area contributed by atoms with Crippen molar-refractivity contribution >= 4 is 17.3 Å². The number of guanidine groups is 1. The summed E-state index contributed by atoms with van der Waals surface area (Å²) in [6.07, 6.45) is 3.37. The zero-order valence-corrected chi connectivity index (χ0v) is 14.2. The van der Waals surface area contributed by atoms with Crippen LogP contribution in [-0.4, -0.2) is 31.3 Å². The van der Waals surface area contributed by atoms with Crippen LogP contribution in [0.2, 0.25) is 0 Å². The van der Waals surface area contributed by atoms with Crippen molar-refractivity contribution in [3.63, 3.8) is 0 Å². The molecule has 1 aromatic heterocycles. The van der Waals surface area contributed by atoms with Gasteiger partial charge in [-0.3, -0.25) is 0 Å². The largest absolute Gasteiger partial charge is 0.373 e. The molecule has 0 aromatic carbocycles. The van der Waals surface area contributed by atoms with E-state index in [1.165, 1.54) is 9.75 Å². The Kier molecular flexibility index (Phi) is 6.06. The van der Waals surface area contributed by atoms with Crippen molar-refractivity contribution in [3.05, 3.63) is 21.9 Å². The van der Waals surface area contributed by atoms with Crippen LogP contribution in [0.3, 0.4) is 0 Å². The molecule has 1 aliphatic rings. The Morgan fingerprint density at radius 1 is 1.33 bits per heavy atom. The highest BCUT2D eigenvalue weighted by atomic mass is 32.1. The van der Waals surface area contributed by atoms with E-state index < -0.39 is 0 Å². The van der Waals surface area contributed by atoms with Gasteiger partial charge in [0, 0.05) is 29.5 Å². The van der Waals surface area contributed by atoms with E-state index in [9.17, 15) is 0 Å². The van der Waals surface area contributed by atoms with E-state index >= 15 is 0 Å². The lowest BCUT2D eigenvalue weighted by atomic mass is 10.0. The molecule has 118 valence electrons. The number of hydrogen-bond acceptors (Lipinski definition) is 3. The molecule has 0 radical (unpaired) electrons. The lowest BCUT2D eigenvalue weighted by molar-refractivity contribution is 0.0243. The summed E-state index contributed by atoms with van der Waals surface area (Å²) in [7, 11) is 0. The molecule has 1 fully saturated rings. The fourth-order valence-corrected chi connectivity index (χ4v) is 3.33. The molecule has 1 aliphatic heterocycles. The number of nitrogens with one attached hydrogen (secondary N) is 2. The van der Waals surface area contributed by atoms with Gasteiger partial charge in [0.1, 0.15) is 0 Å². The van der Waals surface area contributed by atoms with Crippen molar-refractivity contribution in [2.24, 2.45) is 4.99 Å². The summed E-state index contributed by atoms with van der Waals surface area (Å²) in [5.41, 5.74) is -0.0471. The molecule has 0 amide bonds. The summed E-state index contributed by atoms with van der Waals surface area (Å²) >= 11 is 1.85. The Morgan fingerprint density at radius 3 is 2.76 bits per heavy atom. The van der Waals surface area contributed by atoms with E-state index in [0.717, 1.165) is 51.5 Å². The Hall–Kier alpha value is -1.07. The van der Waals surface area contributed by atoms with Gasteiger partial charge < -0.3 is 15.4 Å². The molecular weight excluding hydrogens is 282 g/mol.